The Bertz CT molecular complexity index is 319. The van der Waals surface area contributed by atoms with E-state index < -0.39 is 0 Å². The quantitative estimate of drug-likeness (QED) is 0.659. The zero-order chi connectivity index (χ0) is 10.1. The molecule has 0 aromatic carbocycles. The van der Waals surface area contributed by atoms with Crippen LogP contribution in [0, 0.1) is 0 Å². The minimum atomic E-state index is -0.309. The molecule has 0 saturated heterocycles. The van der Waals surface area contributed by atoms with Crippen molar-refractivity contribution in [2.75, 3.05) is 6.61 Å². The number of ether oxygens (including phenoxy) is 2. The third kappa shape index (κ3) is 1.47. The standard InChI is InChI=1S/C10H13NO3/c1-3-13-10(12)8-5-9-7(11-8)4-6(2)14-9/h4-5,7,9,11H,3H2,1-2H3/t7-,9-/m0/s1. The van der Waals surface area contributed by atoms with Crippen LogP contribution in [-0.2, 0) is 14.3 Å². The van der Waals surface area contributed by atoms with E-state index in [0.29, 0.717) is 12.3 Å². The molecule has 2 atom stereocenters. The molecule has 76 valence electrons. The number of carbonyl (C=O) groups excluding carboxylic acids is 1. The summed E-state index contributed by atoms with van der Waals surface area (Å²) in [6.45, 7) is 4.08. The molecule has 2 aliphatic rings. The Morgan fingerprint density at radius 2 is 2.43 bits per heavy atom. The number of fused-ring (bicyclic) bond motifs is 1. The maximum absolute atomic E-state index is 11.3. The summed E-state index contributed by atoms with van der Waals surface area (Å²) in [4.78, 5) is 11.3. The van der Waals surface area contributed by atoms with E-state index in [-0.39, 0.29) is 18.1 Å². The number of rotatable bonds is 2. The molecular weight excluding hydrogens is 182 g/mol. The fourth-order valence-corrected chi connectivity index (χ4v) is 1.66. The summed E-state index contributed by atoms with van der Waals surface area (Å²) < 4.78 is 10.3. The zero-order valence-corrected chi connectivity index (χ0v) is 8.24. The second-order valence-corrected chi connectivity index (χ2v) is 3.33. The molecule has 2 rings (SSSR count). The van der Waals surface area contributed by atoms with Crippen LogP contribution in [0.15, 0.2) is 23.6 Å². The molecule has 0 bridgehead atoms. The van der Waals surface area contributed by atoms with Gasteiger partial charge in [-0.3, -0.25) is 0 Å². The van der Waals surface area contributed by atoms with Crippen LogP contribution in [-0.4, -0.2) is 24.7 Å². The molecule has 0 aromatic rings. The van der Waals surface area contributed by atoms with Crippen molar-refractivity contribution in [1.82, 2.24) is 5.32 Å². The predicted octanol–water partition coefficient (Wildman–Crippen LogP) is 0.708. The molecule has 1 N–H and O–H groups in total. The fourth-order valence-electron chi connectivity index (χ4n) is 1.66. The van der Waals surface area contributed by atoms with Gasteiger partial charge in [-0.2, -0.15) is 0 Å². The molecule has 0 aromatic heterocycles. The molecule has 0 aliphatic carbocycles. The first-order chi connectivity index (χ1) is 6.70. The second kappa shape index (κ2) is 3.36. The fraction of sp³-hybridized carbons (Fsp3) is 0.500. The van der Waals surface area contributed by atoms with E-state index in [1.54, 1.807) is 13.0 Å². The maximum Gasteiger partial charge on any atom is 0.354 e. The van der Waals surface area contributed by atoms with Crippen molar-refractivity contribution < 1.29 is 14.3 Å². The van der Waals surface area contributed by atoms with Gasteiger partial charge < -0.3 is 14.8 Å². The van der Waals surface area contributed by atoms with E-state index in [1.807, 2.05) is 13.0 Å². The Balaban J connectivity index is 2.01. The Morgan fingerprint density at radius 1 is 1.64 bits per heavy atom. The van der Waals surface area contributed by atoms with Gasteiger partial charge in [-0.15, -0.1) is 0 Å². The molecule has 0 saturated carbocycles. The lowest BCUT2D eigenvalue weighted by atomic mass is 10.2. The summed E-state index contributed by atoms with van der Waals surface area (Å²) in [6.07, 6.45) is 3.69. The van der Waals surface area contributed by atoms with Crippen molar-refractivity contribution in [3.63, 3.8) is 0 Å². The number of hydrogen-bond acceptors (Lipinski definition) is 4. The molecule has 2 heterocycles. The van der Waals surface area contributed by atoms with Gasteiger partial charge in [0.2, 0.25) is 0 Å². The average Bonchev–Trinajstić information content (AvgIpc) is 2.61. The highest BCUT2D eigenvalue weighted by Crippen LogP contribution is 2.24. The highest BCUT2D eigenvalue weighted by molar-refractivity contribution is 5.88. The van der Waals surface area contributed by atoms with E-state index in [4.69, 9.17) is 9.47 Å². The lowest BCUT2D eigenvalue weighted by Gasteiger charge is -2.08. The molecule has 0 amide bonds. The highest BCUT2D eigenvalue weighted by atomic mass is 16.5. The van der Waals surface area contributed by atoms with Crippen molar-refractivity contribution in [3.8, 4) is 0 Å². The molecule has 0 radical (unpaired) electrons. The number of allylic oxidation sites excluding steroid dienone is 1. The minimum absolute atomic E-state index is 0.0468. The molecular formula is C10H13NO3. The second-order valence-electron chi connectivity index (χ2n) is 3.33. The van der Waals surface area contributed by atoms with Crippen molar-refractivity contribution in [3.05, 3.63) is 23.6 Å². The topological polar surface area (TPSA) is 47.6 Å². The Morgan fingerprint density at radius 3 is 3.07 bits per heavy atom. The van der Waals surface area contributed by atoms with Crippen LogP contribution >= 0.6 is 0 Å². The number of nitrogens with one attached hydrogen (secondary N) is 1. The van der Waals surface area contributed by atoms with Gasteiger partial charge in [-0.25, -0.2) is 4.79 Å². The van der Waals surface area contributed by atoms with E-state index >= 15 is 0 Å². The normalized spacial score (nSPS) is 28.4. The number of carbonyl (C=O) groups is 1. The Hall–Kier alpha value is -1.45. The molecule has 0 spiro atoms. The SMILES string of the molecule is CCOC(=O)C1=C[C@@H]2OC(C)=C[C@@H]2N1. The average molecular weight is 195 g/mol. The summed E-state index contributed by atoms with van der Waals surface area (Å²) in [7, 11) is 0. The van der Waals surface area contributed by atoms with E-state index in [1.165, 1.54) is 0 Å². The molecule has 14 heavy (non-hydrogen) atoms. The third-order valence-corrected chi connectivity index (χ3v) is 2.24. The van der Waals surface area contributed by atoms with Gasteiger partial charge >= 0.3 is 5.97 Å². The lowest BCUT2D eigenvalue weighted by Crippen LogP contribution is -2.29. The first-order valence-corrected chi connectivity index (χ1v) is 4.71. The van der Waals surface area contributed by atoms with Gasteiger partial charge in [-0.05, 0) is 26.0 Å². The van der Waals surface area contributed by atoms with Crippen molar-refractivity contribution in [1.29, 1.82) is 0 Å². The van der Waals surface area contributed by atoms with Crippen molar-refractivity contribution in [2.45, 2.75) is 26.0 Å². The van der Waals surface area contributed by atoms with Gasteiger partial charge in [0.1, 0.15) is 11.8 Å². The van der Waals surface area contributed by atoms with Crippen LogP contribution in [0.2, 0.25) is 0 Å². The summed E-state index contributed by atoms with van der Waals surface area (Å²) in [5.41, 5.74) is 0.505. The van der Waals surface area contributed by atoms with Crippen LogP contribution in [0.3, 0.4) is 0 Å². The lowest BCUT2D eigenvalue weighted by molar-refractivity contribution is -0.138. The molecule has 0 fully saturated rings. The Labute approximate surface area is 82.6 Å². The van der Waals surface area contributed by atoms with Crippen LogP contribution < -0.4 is 5.32 Å². The monoisotopic (exact) mass is 195 g/mol. The van der Waals surface area contributed by atoms with Crippen molar-refractivity contribution >= 4 is 5.97 Å². The van der Waals surface area contributed by atoms with Gasteiger partial charge in [-0.1, -0.05) is 0 Å². The summed E-state index contributed by atoms with van der Waals surface area (Å²) in [5, 5.41) is 3.05. The first kappa shape index (κ1) is 9.12. The Kier molecular flexibility index (Phi) is 2.19. The third-order valence-electron chi connectivity index (χ3n) is 2.24. The van der Waals surface area contributed by atoms with Gasteiger partial charge in [0.05, 0.1) is 18.4 Å². The van der Waals surface area contributed by atoms with Crippen LogP contribution in [0.1, 0.15) is 13.8 Å². The summed E-state index contributed by atoms with van der Waals surface area (Å²) in [6, 6.07) is 0.0920. The molecule has 2 aliphatic heterocycles. The minimum Gasteiger partial charge on any atom is -0.489 e. The van der Waals surface area contributed by atoms with Gasteiger partial charge in [0, 0.05) is 0 Å². The molecule has 4 heteroatoms. The number of hydrogen-bond donors (Lipinski definition) is 1. The summed E-state index contributed by atoms with van der Waals surface area (Å²) >= 11 is 0. The maximum atomic E-state index is 11.3. The molecule has 0 unspecified atom stereocenters. The van der Waals surface area contributed by atoms with Gasteiger partial charge in [0.15, 0.2) is 0 Å². The smallest absolute Gasteiger partial charge is 0.354 e. The first-order valence-electron chi connectivity index (χ1n) is 4.71. The van der Waals surface area contributed by atoms with Crippen LogP contribution in [0.5, 0.6) is 0 Å². The zero-order valence-electron chi connectivity index (χ0n) is 8.24. The van der Waals surface area contributed by atoms with E-state index in [9.17, 15) is 4.79 Å². The van der Waals surface area contributed by atoms with E-state index in [0.717, 1.165) is 5.76 Å². The van der Waals surface area contributed by atoms with Crippen molar-refractivity contribution in [2.24, 2.45) is 0 Å². The summed E-state index contributed by atoms with van der Waals surface area (Å²) in [5.74, 6) is 0.586. The van der Waals surface area contributed by atoms with Crippen LogP contribution in [0.4, 0.5) is 0 Å². The molecule has 4 nitrogen and oxygen atoms in total. The highest BCUT2D eigenvalue weighted by Gasteiger charge is 2.34. The van der Waals surface area contributed by atoms with Gasteiger partial charge in [0.25, 0.3) is 0 Å². The number of esters is 1. The van der Waals surface area contributed by atoms with E-state index in [2.05, 4.69) is 5.32 Å². The predicted molar refractivity (Wildman–Crippen MR) is 50.3 cm³/mol. The largest absolute Gasteiger partial charge is 0.489 e. The van der Waals surface area contributed by atoms with Crippen LogP contribution in [0.25, 0.3) is 0 Å².